The second kappa shape index (κ2) is 10.4. The topological polar surface area (TPSA) is 46.5 Å². The SMILES string of the molecule is O=C(O)Cc1ccc(OCC=C(c2ccc(C(F)(F)F)cc2)c2ccc(C(F)(F)F)cc2)c(Cl)c1. The van der Waals surface area contributed by atoms with E-state index in [0.717, 1.165) is 24.3 Å². The van der Waals surface area contributed by atoms with Crippen molar-refractivity contribution in [3.05, 3.63) is 106 Å². The maximum absolute atomic E-state index is 12.9. The lowest BCUT2D eigenvalue weighted by Crippen LogP contribution is -2.05. The second-order valence-corrected chi connectivity index (χ2v) is 7.82. The molecule has 0 unspecified atom stereocenters. The molecule has 0 fully saturated rings. The normalized spacial score (nSPS) is 11.7. The Bertz CT molecular complexity index is 1150. The van der Waals surface area contributed by atoms with Crippen LogP contribution in [0.3, 0.4) is 0 Å². The molecule has 3 rings (SSSR count). The van der Waals surface area contributed by atoms with Gasteiger partial charge in [0.2, 0.25) is 0 Å². The molecule has 0 amide bonds. The number of carboxylic acids is 1. The predicted molar refractivity (Wildman–Crippen MR) is 118 cm³/mol. The number of ether oxygens (including phenoxy) is 1. The molecule has 1 N–H and O–H groups in total. The van der Waals surface area contributed by atoms with Gasteiger partial charge in [-0.1, -0.05) is 41.9 Å². The van der Waals surface area contributed by atoms with Crippen LogP contribution in [0.15, 0.2) is 72.8 Å². The van der Waals surface area contributed by atoms with Crippen molar-refractivity contribution in [3.63, 3.8) is 0 Å². The Hall–Kier alpha value is -3.46. The fourth-order valence-electron chi connectivity index (χ4n) is 3.24. The minimum Gasteiger partial charge on any atom is -0.488 e. The van der Waals surface area contributed by atoms with Gasteiger partial charge in [-0.3, -0.25) is 4.79 Å². The quantitative estimate of drug-likeness (QED) is 0.332. The Kier molecular flexibility index (Phi) is 7.80. The molecule has 3 aromatic rings. The van der Waals surface area contributed by atoms with Gasteiger partial charge in [0.05, 0.1) is 22.6 Å². The summed E-state index contributed by atoms with van der Waals surface area (Å²) in [7, 11) is 0. The van der Waals surface area contributed by atoms with Gasteiger partial charge >= 0.3 is 18.3 Å². The van der Waals surface area contributed by atoms with Crippen molar-refractivity contribution in [2.75, 3.05) is 6.61 Å². The minimum atomic E-state index is -4.54. The van der Waals surface area contributed by atoms with Crippen LogP contribution in [0.4, 0.5) is 26.3 Å². The maximum atomic E-state index is 12.9. The number of hydrogen-bond donors (Lipinski definition) is 1. The van der Waals surface area contributed by atoms with Gasteiger partial charge in [-0.15, -0.1) is 0 Å². The van der Waals surface area contributed by atoms with Crippen LogP contribution in [-0.2, 0) is 23.6 Å². The van der Waals surface area contributed by atoms with Crippen LogP contribution in [0.5, 0.6) is 5.75 Å². The molecule has 0 spiro atoms. The van der Waals surface area contributed by atoms with Crippen molar-refractivity contribution in [3.8, 4) is 5.75 Å². The summed E-state index contributed by atoms with van der Waals surface area (Å²) in [6, 6.07) is 12.8. The number of aliphatic carboxylic acids is 1. The predicted octanol–water partition coefficient (Wildman–Crippen LogP) is 7.52. The molecule has 0 radical (unpaired) electrons. The van der Waals surface area contributed by atoms with Gasteiger partial charge in [0.25, 0.3) is 0 Å². The van der Waals surface area contributed by atoms with E-state index in [1.54, 1.807) is 0 Å². The molecule has 0 bridgehead atoms. The lowest BCUT2D eigenvalue weighted by molar-refractivity contribution is -0.138. The third-order valence-electron chi connectivity index (χ3n) is 4.92. The molecular weight excluding hydrogens is 498 g/mol. The van der Waals surface area contributed by atoms with Gasteiger partial charge in [0, 0.05) is 0 Å². The van der Waals surface area contributed by atoms with Crippen molar-refractivity contribution in [2.45, 2.75) is 18.8 Å². The van der Waals surface area contributed by atoms with Crippen molar-refractivity contribution >= 4 is 23.1 Å². The average molecular weight is 515 g/mol. The number of halogens is 7. The zero-order valence-corrected chi connectivity index (χ0v) is 18.5. The number of alkyl halides is 6. The molecule has 0 saturated carbocycles. The van der Waals surface area contributed by atoms with E-state index in [9.17, 15) is 31.1 Å². The number of hydrogen-bond acceptors (Lipinski definition) is 2. The zero-order chi connectivity index (χ0) is 25.8. The number of rotatable bonds is 7. The smallest absolute Gasteiger partial charge is 0.416 e. The molecular formula is C25H17ClF6O3. The summed E-state index contributed by atoms with van der Waals surface area (Å²) in [6.45, 7) is -0.116. The minimum absolute atomic E-state index is 0.116. The highest BCUT2D eigenvalue weighted by Gasteiger charge is 2.31. The molecule has 3 nitrogen and oxygen atoms in total. The zero-order valence-electron chi connectivity index (χ0n) is 17.8. The maximum Gasteiger partial charge on any atom is 0.416 e. The summed E-state index contributed by atoms with van der Waals surface area (Å²) < 4.78 is 83.3. The monoisotopic (exact) mass is 514 g/mol. The highest BCUT2D eigenvalue weighted by molar-refractivity contribution is 6.32. The molecule has 0 aliphatic rings. The van der Waals surface area contributed by atoms with Crippen LogP contribution in [0.25, 0.3) is 5.57 Å². The van der Waals surface area contributed by atoms with Crippen LogP contribution in [0, 0.1) is 0 Å². The highest BCUT2D eigenvalue weighted by atomic mass is 35.5. The van der Waals surface area contributed by atoms with Crippen LogP contribution >= 0.6 is 11.6 Å². The van der Waals surface area contributed by atoms with Crippen LogP contribution < -0.4 is 4.74 Å². The van der Waals surface area contributed by atoms with E-state index in [0.29, 0.717) is 22.3 Å². The third kappa shape index (κ3) is 7.02. The Morgan fingerprint density at radius 3 is 1.71 bits per heavy atom. The summed E-state index contributed by atoms with van der Waals surface area (Å²) in [6.07, 6.45) is -7.80. The van der Waals surface area contributed by atoms with E-state index in [1.165, 1.54) is 48.5 Å². The van der Waals surface area contributed by atoms with E-state index in [1.807, 2.05) is 0 Å². The first-order valence-corrected chi connectivity index (χ1v) is 10.4. The summed E-state index contributed by atoms with van der Waals surface area (Å²) in [5.74, 6) is -0.799. The van der Waals surface area contributed by atoms with Gasteiger partial charge in [0.15, 0.2) is 0 Å². The van der Waals surface area contributed by atoms with Crippen molar-refractivity contribution in [2.24, 2.45) is 0 Å². The van der Waals surface area contributed by atoms with Crippen LogP contribution in [0.2, 0.25) is 5.02 Å². The van der Waals surface area contributed by atoms with E-state index in [2.05, 4.69) is 0 Å². The first-order chi connectivity index (χ1) is 16.3. The summed E-state index contributed by atoms with van der Waals surface area (Å²) in [4.78, 5) is 10.8. The van der Waals surface area contributed by atoms with Crippen molar-refractivity contribution in [1.82, 2.24) is 0 Å². The summed E-state index contributed by atoms with van der Waals surface area (Å²) >= 11 is 6.13. The summed E-state index contributed by atoms with van der Waals surface area (Å²) in [5.41, 5.74) is -0.241. The van der Waals surface area contributed by atoms with Gasteiger partial charge in [0.1, 0.15) is 12.4 Å². The lowest BCUT2D eigenvalue weighted by Gasteiger charge is -2.14. The Morgan fingerprint density at radius 1 is 0.829 bits per heavy atom. The molecule has 0 aliphatic carbocycles. The second-order valence-electron chi connectivity index (χ2n) is 7.41. The molecule has 184 valence electrons. The van der Waals surface area contributed by atoms with Crippen molar-refractivity contribution in [1.29, 1.82) is 0 Å². The molecule has 3 aromatic carbocycles. The van der Waals surface area contributed by atoms with Crippen LogP contribution in [-0.4, -0.2) is 17.7 Å². The molecule has 0 aromatic heterocycles. The van der Waals surface area contributed by atoms with E-state index < -0.39 is 29.4 Å². The average Bonchev–Trinajstić information content (AvgIpc) is 2.77. The van der Waals surface area contributed by atoms with Gasteiger partial charge < -0.3 is 9.84 Å². The molecule has 0 heterocycles. The largest absolute Gasteiger partial charge is 0.488 e. The Labute approximate surface area is 201 Å². The molecule has 0 atom stereocenters. The fraction of sp³-hybridized carbons (Fsp3) is 0.160. The highest BCUT2D eigenvalue weighted by Crippen LogP contribution is 2.34. The number of carboxylic acid groups (broad SMARTS) is 1. The first-order valence-electron chi connectivity index (χ1n) is 10.0. The lowest BCUT2D eigenvalue weighted by atomic mass is 9.95. The van der Waals surface area contributed by atoms with Crippen LogP contribution in [0.1, 0.15) is 27.8 Å². The van der Waals surface area contributed by atoms with E-state index >= 15 is 0 Å². The standard InChI is InChI=1S/C25H17ClF6O3/c26-21-13-15(14-23(33)34)1-10-22(21)35-12-11-20(16-2-6-18(7-3-16)24(27,28)29)17-4-8-19(9-5-17)25(30,31)32/h1-11,13H,12,14H2,(H,33,34). The Balaban J connectivity index is 1.90. The number of benzene rings is 3. The van der Waals surface area contributed by atoms with E-state index in [4.69, 9.17) is 21.4 Å². The molecule has 0 saturated heterocycles. The van der Waals surface area contributed by atoms with Gasteiger partial charge in [-0.25, -0.2) is 0 Å². The summed E-state index contributed by atoms with van der Waals surface area (Å²) in [5, 5.41) is 9.02. The fourth-order valence-corrected chi connectivity index (χ4v) is 3.50. The molecule has 0 aliphatic heterocycles. The molecule has 35 heavy (non-hydrogen) atoms. The molecule has 10 heteroatoms. The first kappa shape index (κ1) is 26.2. The Morgan fingerprint density at radius 2 is 1.31 bits per heavy atom. The van der Waals surface area contributed by atoms with Gasteiger partial charge in [-0.2, -0.15) is 26.3 Å². The number of carbonyl (C=O) groups is 1. The van der Waals surface area contributed by atoms with E-state index in [-0.39, 0.29) is 23.8 Å². The third-order valence-corrected chi connectivity index (χ3v) is 5.22. The van der Waals surface area contributed by atoms with Crippen molar-refractivity contribution < 1.29 is 41.0 Å². The van der Waals surface area contributed by atoms with Gasteiger partial charge in [-0.05, 0) is 64.7 Å².